The molecule has 2 nitrogen and oxygen atoms in total. The van der Waals surface area contributed by atoms with Crippen molar-refractivity contribution in [3.05, 3.63) is 28.8 Å². The predicted octanol–water partition coefficient (Wildman–Crippen LogP) is 3.07. The molecule has 0 bridgehead atoms. The number of hydrogen-bond donors (Lipinski definition) is 1. The molecule has 0 radical (unpaired) electrons. The predicted molar refractivity (Wildman–Crippen MR) is 65.6 cm³/mol. The second-order valence-electron chi connectivity index (χ2n) is 3.49. The fraction of sp³-hybridized carbons (Fsp3) is 0.500. The Balaban J connectivity index is 3.08. The lowest BCUT2D eigenvalue weighted by Gasteiger charge is -2.25. The SMILES string of the molecule is CCCN(CC)c1c(Cl)cccc1CO. The molecule has 1 N–H and O–H groups in total. The van der Waals surface area contributed by atoms with Crippen molar-refractivity contribution in [2.75, 3.05) is 18.0 Å². The first-order valence-electron chi connectivity index (χ1n) is 5.37. The van der Waals surface area contributed by atoms with Crippen molar-refractivity contribution >= 4 is 17.3 Å². The van der Waals surface area contributed by atoms with Gasteiger partial charge in [-0.05, 0) is 19.4 Å². The summed E-state index contributed by atoms with van der Waals surface area (Å²) in [4.78, 5) is 2.20. The van der Waals surface area contributed by atoms with Crippen LogP contribution in [0.3, 0.4) is 0 Å². The molecule has 0 spiro atoms. The standard InChI is InChI=1S/C12H18ClNO/c1-3-8-14(4-2)12-10(9-15)6-5-7-11(12)13/h5-7,15H,3-4,8-9H2,1-2H3. The Morgan fingerprint density at radius 3 is 2.60 bits per heavy atom. The van der Waals surface area contributed by atoms with E-state index in [2.05, 4.69) is 18.7 Å². The number of rotatable bonds is 5. The molecule has 0 aliphatic heterocycles. The number of nitrogens with zero attached hydrogens (tertiary/aromatic N) is 1. The van der Waals surface area contributed by atoms with Crippen LogP contribution in [0.2, 0.25) is 5.02 Å². The second kappa shape index (κ2) is 5.99. The average Bonchev–Trinajstić information content (AvgIpc) is 2.26. The minimum atomic E-state index is 0.0378. The van der Waals surface area contributed by atoms with Gasteiger partial charge in [0.05, 0.1) is 17.3 Å². The summed E-state index contributed by atoms with van der Waals surface area (Å²) in [6.45, 7) is 6.15. The number of halogens is 1. The highest BCUT2D eigenvalue weighted by molar-refractivity contribution is 6.33. The highest BCUT2D eigenvalue weighted by Crippen LogP contribution is 2.30. The Bertz CT molecular complexity index is 314. The van der Waals surface area contributed by atoms with Crippen LogP contribution in [-0.2, 0) is 6.61 Å². The van der Waals surface area contributed by atoms with E-state index in [-0.39, 0.29) is 6.61 Å². The normalized spacial score (nSPS) is 10.4. The van der Waals surface area contributed by atoms with Gasteiger partial charge >= 0.3 is 0 Å². The molecule has 0 aliphatic rings. The molecule has 15 heavy (non-hydrogen) atoms. The van der Waals surface area contributed by atoms with Gasteiger partial charge in [-0.1, -0.05) is 30.7 Å². The van der Waals surface area contributed by atoms with Crippen molar-refractivity contribution in [3.8, 4) is 0 Å². The molecular formula is C12H18ClNO. The van der Waals surface area contributed by atoms with Crippen LogP contribution in [-0.4, -0.2) is 18.2 Å². The van der Waals surface area contributed by atoms with Gasteiger partial charge < -0.3 is 10.0 Å². The summed E-state index contributed by atoms with van der Waals surface area (Å²) >= 11 is 6.16. The van der Waals surface area contributed by atoms with E-state index in [9.17, 15) is 5.11 Å². The lowest BCUT2D eigenvalue weighted by atomic mass is 10.1. The maximum Gasteiger partial charge on any atom is 0.0702 e. The van der Waals surface area contributed by atoms with Gasteiger partial charge in [-0.2, -0.15) is 0 Å². The lowest BCUT2D eigenvalue weighted by Crippen LogP contribution is -2.25. The Labute approximate surface area is 96.5 Å². The summed E-state index contributed by atoms with van der Waals surface area (Å²) < 4.78 is 0. The van der Waals surface area contributed by atoms with Gasteiger partial charge in [0.1, 0.15) is 0 Å². The van der Waals surface area contributed by atoms with Crippen LogP contribution >= 0.6 is 11.6 Å². The third-order valence-corrected chi connectivity index (χ3v) is 2.74. The van der Waals surface area contributed by atoms with Crippen LogP contribution in [0.1, 0.15) is 25.8 Å². The summed E-state index contributed by atoms with van der Waals surface area (Å²) in [5.74, 6) is 0. The maximum atomic E-state index is 9.27. The Morgan fingerprint density at radius 2 is 2.07 bits per heavy atom. The van der Waals surface area contributed by atoms with Gasteiger partial charge in [0.15, 0.2) is 0 Å². The van der Waals surface area contributed by atoms with Crippen molar-refractivity contribution in [2.24, 2.45) is 0 Å². The Hall–Kier alpha value is -0.730. The van der Waals surface area contributed by atoms with Gasteiger partial charge in [-0.15, -0.1) is 0 Å². The van der Waals surface area contributed by atoms with Gasteiger partial charge in [0, 0.05) is 18.7 Å². The summed E-state index contributed by atoms with van der Waals surface area (Å²) in [6.07, 6.45) is 1.07. The average molecular weight is 228 g/mol. The van der Waals surface area contributed by atoms with E-state index in [0.717, 1.165) is 35.8 Å². The molecule has 0 unspecified atom stereocenters. The van der Waals surface area contributed by atoms with Crippen LogP contribution in [0.4, 0.5) is 5.69 Å². The van der Waals surface area contributed by atoms with Crippen molar-refractivity contribution in [2.45, 2.75) is 26.9 Å². The number of para-hydroxylation sites is 1. The van der Waals surface area contributed by atoms with Crippen LogP contribution in [0, 0.1) is 0 Å². The number of aliphatic hydroxyl groups excluding tert-OH is 1. The molecule has 0 aliphatic carbocycles. The molecule has 0 atom stereocenters. The van der Waals surface area contributed by atoms with Crippen molar-refractivity contribution in [1.29, 1.82) is 0 Å². The van der Waals surface area contributed by atoms with Gasteiger partial charge in [0.25, 0.3) is 0 Å². The van der Waals surface area contributed by atoms with E-state index in [4.69, 9.17) is 11.6 Å². The molecule has 84 valence electrons. The molecule has 0 saturated heterocycles. The number of aliphatic hydroxyl groups is 1. The lowest BCUT2D eigenvalue weighted by molar-refractivity contribution is 0.282. The van der Waals surface area contributed by atoms with E-state index in [1.807, 2.05) is 18.2 Å². The first-order valence-corrected chi connectivity index (χ1v) is 5.75. The largest absolute Gasteiger partial charge is 0.392 e. The third-order valence-electron chi connectivity index (χ3n) is 2.43. The molecule has 0 heterocycles. The summed E-state index contributed by atoms with van der Waals surface area (Å²) in [7, 11) is 0. The molecule has 0 fully saturated rings. The fourth-order valence-electron chi connectivity index (χ4n) is 1.74. The molecule has 1 aromatic carbocycles. The van der Waals surface area contributed by atoms with E-state index in [0.29, 0.717) is 0 Å². The zero-order valence-corrected chi connectivity index (χ0v) is 10.1. The summed E-state index contributed by atoms with van der Waals surface area (Å²) in [5.41, 5.74) is 1.88. The van der Waals surface area contributed by atoms with Crippen LogP contribution in [0.5, 0.6) is 0 Å². The maximum absolute atomic E-state index is 9.27. The molecule has 0 aromatic heterocycles. The zero-order valence-electron chi connectivity index (χ0n) is 9.33. The van der Waals surface area contributed by atoms with Crippen LogP contribution in [0.25, 0.3) is 0 Å². The Morgan fingerprint density at radius 1 is 1.33 bits per heavy atom. The van der Waals surface area contributed by atoms with E-state index < -0.39 is 0 Å². The van der Waals surface area contributed by atoms with Gasteiger partial charge in [-0.3, -0.25) is 0 Å². The molecular weight excluding hydrogens is 210 g/mol. The molecule has 1 rings (SSSR count). The van der Waals surface area contributed by atoms with E-state index in [1.165, 1.54) is 0 Å². The third kappa shape index (κ3) is 2.86. The van der Waals surface area contributed by atoms with E-state index in [1.54, 1.807) is 0 Å². The highest BCUT2D eigenvalue weighted by atomic mass is 35.5. The number of anilines is 1. The van der Waals surface area contributed by atoms with Crippen LogP contribution in [0.15, 0.2) is 18.2 Å². The van der Waals surface area contributed by atoms with E-state index >= 15 is 0 Å². The van der Waals surface area contributed by atoms with Crippen molar-refractivity contribution in [1.82, 2.24) is 0 Å². The topological polar surface area (TPSA) is 23.5 Å². The summed E-state index contributed by atoms with van der Waals surface area (Å²) in [6, 6.07) is 5.66. The quantitative estimate of drug-likeness (QED) is 0.836. The summed E-state index contributed by atoms with van der Waals surface area (Å²) in [5, 5.41) is 9.99. The first-order chi connectivity index (χ1) is 7.24. The molecule has 3 heteroatoms. The number of benzene rings is 1. The molecule has 1 aromatic rings. The second-order valence-corrected chi connectivity index (χ2v) is 3.89. The smallest absolute Gasteiger partial charge is 0.0702 e. The fourth-order valence-corrected chi connectivity index (χ4v) is 2.05. The minimum absolute atomic E-state index is 0.0378. The van der Waals surface area contributed by atoms with Crippen LogP contribution < -0.4 is 4.90 Å². The first kappa shape index (κ1) is 12.3. The van der Waals surface area contributed by atoms with Gasteiger partial charge in [0.2, 0.25) is 0 Å². The molecule has 0 amide bonds. The highest BCUT2D eigenvalue weighted by Gasteiger charge is 2.12. The van der Waals surface area contributed by atoms with Crippen molar-refractivity contribution in [3.63, 3.8) is 0 Å². The zero-order chi connectivity index (χ0) is 11.3. The van der Waals surface area contributed by atoms with Gasteiger partial charge in [-0.25, -0.2) is 0 Å². The Kier molecular flexibility index (Phi) is 4.92. The van der Waals surface area contributed by atoms with Crippen molar-refractivity contribution < 1.29 is 5.11 Å². The monoisotopic (exact) mass is 227 g/mol. The minimum Gasteiger partial charge on any atom is -0.392 e. The number of hydrogen-bond acceptors (Lipinski definition) is 2. The molecule has 0 saturated carbocycles.